The van der Waals surface area contributed by atoms with Gasteiger partial charge in [0.25, 0.3) is 0 Å². The number of carbonyl (C=O) groups excluding carboxylic acids is 1. The molecule has 2 amide bonds. The van der Waals surface area contributed by atoms with E-state index in [4.69, 9.17) is 14.3 Å². The van der Waals surface area contributed by atoms with Gasteiger partial charge in [0.1, 0.15) is 5.75 Å². The molecule has 4 heterocycles. The molecular formula is C24H28N4O4. The summed E-state index contributed by atoms with van der Waals surface area (Å²) in [4.78, 5) is 19.2. The predicted molar refractivity (Wildman–Crippen MR) is 119 cm³/mol. The number of urea groups is 1. The van der Waals surface area contributed by atoms with E-state index < -0.39 is 5.79 Å². The average molecular weight is 437 g/mol. The summed E-state index contributed by atoms with van der Waals surface area (Å²) in [5.41, 5.74) is 7.93. The highest BCUT2D eigenvalue weighted by Crippen LogP contribution is 2.39. The molecule has 0 bridgehead atoms. The summed E-state index contributed by atoms with van der Waals surface area (Å²) in [6.45, 7) is 7.39. The molecule has 0 unspecified atom stereocenters. The second-order valence-corrected chi connectivity index (χ2v) is 8.69. The molecule has 0 radical (unpaired) electrons. The lowest BCUT2D eigenvalue weighted by Gasteiger charge is -2.43. The van der Waals surface area contributed by atoms with Crippen LogP contribution in [0.1, 0.15) is 37.9 Å². The van der Waals surface area contributed by atoms with Crippen molar-refractivity contribution in [3.8, 4) is 16.9 Å². The van der Waals surface area contributed by atoms with Gasteiger partial charge >= 0.3 is 6.03 Å². The molecule has 8 nitrogen and oxygen atoms in total. The van der Waals surface area contributed by atoms with Crippen LogP contribution in [0.5, 0.6) is 5.75 Å². The smallest absolute Gasteiger partial charge is 0.341 e. The van der Waals surface area contributed by atoms with Gasteiger partial charge in [-0.2, -0.15) is 5.10 Å². The summed E-state index contributed by atoms with van der Waals surface area (Å²) in [6.07, 6.45) is 2.97. The Bertz CT molecular complexity index is 1150. The molecule has 1 fully saturated rings. The second-order valence-electron chi connectivity index (χ2n) is 8.69. The number of carbonyl (C=O) groups is 1. The van der Waals surface area contributed by atoms with Crippen LogP contribution in [0.3, 0.4) is 0 Å². The van der Waals surface area contributed by atoms with Crippen LogP contribution in [0.25, 0.3) is 16.6 Å². The van der Waals surface area contributed by atoms with Crippen LogP contribution in [0.2, 0.25) is 0 Å². The Hall–Kier alpha value is -3.10. The zero-order valence-electron chi connectivity index (χ0n) is 18.6. The SMILES string of the molecule is Cc1c(-c2ccc3c(c2)COC2(CCN(C(=O)NOC(C)C)CC2)O3)ccc2ccnn12. The van der Waals surface area contributed by atoms with Crippen molar-refractivity contribution < 1.29 is 19.1 Å². The number of hydrogen-bond acceptors (Lipinski definition) is 5. The van der Waals surface area contributed by atoms with Gasteiger partial charge < -0.3 is 14.4 Å². The van der Waals surface area contributed by atoms with Crippen LogP contribution >= 0.6 is 0 Å². The van der Waals surface area contributed by atoms with Gasteiger partial charge in [0.05, 0.1) is 18.2 Å². The van der Waals surface area contributed by atoms with Crippen LogP contribution in [0.4, 0.5) is 4.79 Å². The molecule has 0 saturated carbocycles. The first-order valence-corrected chi connectivity index (χ1v) is 11.0. The third-order valence-corrected chi connectivity index (χ3v) is 6.15. The minimum atomic E-state index is -0.686. The van der Waals surface area contributed by atoms with Crippen LogP contribution in [0.15, 0.2) is 42.6 Å². The maximum Gasteiger partial charge on any atom is 0.341 e. The standard InChI is InChI=1S/C24H28N4O4/c1-16(2)32-26-23(29)27-12-9-24(10-13-27)30-15-19-14-18(4-7-22(19)31-24)21-6-5-20-8-11-25-28(20)17(21)3/h4-8,11,14,16H,9-10,12-13,15H2,1-3H3,(H,26,29). The number of rotatable bonds is 3. The number of likely N-dealkylation sites (tertiary alicyclic amines) is 1. The number of nitrogens with one attached hydrogen (secondary N) is 1. The van der Waals surface area contributed by atoms with E-state index in [1.807, 2.05) is 36.7 Å². The molecule has 1 aromatic carbocycles. The molecule has 0 aliphatic carbocycles. The van der Waals surface area contributed by atoms with Crippen molar-refractivity contribution >= 4 is 11.5 Å². The van der Waals surface area contributed by atoms with Crippen molar-refractivity contribution in [3.63, 3.8) is 0 Å². The van der Waals surface area contributed by atoms with E-state index in [0.717, 1.165) is 33.7 Å². The predicted octanol–water partition coefficient (Wildman–Crippen LogP) is 4.06. The maximum atomic E-state index is 12.2. The highest BCUT2D eigenvalue weighted by Gasteiger charge is 2.42. The van der Waals surface area contributed by atoms with Gasteiger partial charge in [0.2, 0.25) is 5.79 Å². The zero-order chi connectivity index (χ0) is 22.3. The summed E-state index contributed by atoms with van der Waals surface area (Å²) >= 11 is 0. The zero-order valence-corrected chi connectivity index (χ0v) is 18.6. The number of aryl methyl sites for hydroxylation is 1. The van der Waals surface area contributed by atoms with Gasteiger partial charge in [-0.1, -0.05) is 12.1 Å². The minimum Gasteiger partial charge on any atom is -0.462 e. The number of hydroxylamine groups is 1. The van der Waals surface area contributed by atoms with E-state index in [2.05, 4.69) is 41.8 Å². The van der Waals surface area contributed by atoms with Crippen molar-refractivity contribution in [2.75, 3.05) is 13.1 Å². The Balaban J connectivity index is 1.29. The van der Waals surface area contributed by atoms with Gasteiger partial charge in [-0.15, -0.1) is 0 Å². The van der Waals surface area contributed by atoms with E-state index in [0.29, 0.717) is 32.5 Å². The first-order chi connectivity index (χ1) is 15.4. The van der Waals surface area contributed by atoms with Crippen molar-refractivity contribution in [2.24, 2.45) is 0 Å². The first-order valence-electron chi connectivity index (χ1n) is 11.0. The largest absolute Gasteiger partial charge is 0.462 e. The third kappa shape index (κ3) is 3.80. The molecule has 1 spiro atoms. The van der Waals surface area contributed by atoms with E-state index in [1.54, 1.807) is 4.90 Å². The van der Waals surface area contributed by atoms with Crippen molar-refractivity contribution in [1.82, 2.24) is 20.0 Å². The van der Waals surface area contributed by atoms with E-state index in [9.17, 15) is 4.79 Å². The molecule has 168 valence electrons. The number of fused-ring (bicyclic) bond motifs is 2. The highest BCUT2D eigenvalue weighted by atomic mass is 16.7. The number of benzene rings is 1. The fourth-order valence-electron chi connectivity index (χ4n) is 4.36. The van der Waals surface area contributed by atoms with Crippen LogP contribution in [-0.4, -0.2) is 45.5 Å². The summed E-state index contributed by atoms with van der Waals surface area (Å²) in [5.74, 6) is 0.160. The number of aromatic nitrogens is 2. The number of ether oxygens (including phenoxy) is 2. The molecule has 1 saturated heterocycles. The Morgan fingerprint density at radius 3 is 2.78 bits per heavy atom. The number of piperidine rings is 1. The summed E-state index contributed by atoms with van der Waals surface area (Å²) in [6, 6.07) is 12.2. The Morgan fingerprint density at radius 1 is 1.19 bits per heavy atom. The van der Waals surface area contributed by atoms with Gasteiger partial charge in [-0.3, -0.25) is 4.84 Å². The molecule has 3 aromatic rings. The molecule has 1 N–H and O–H groups in total. The topological polar surface area (TPSA) is 77.3 Å². The molecule has 2 aromatic heterocycles. The van der Waals surface area contributed by atoms with Crippen molar-refractivity contribution in [1.29, 1.82) is 0 Å². The third-order valence-electron chi connectivity index (χ3n) is 6.15. The fraction of sp³-hybridized carbons (Fsp3) is 0.417. The monoisotopic (exact) mass is 436 g/mol. The number of nitrogens with zero attached hydrogens (tertiary/aromatic N) is 3. The van der Waals surface area contributed by atoms with Crippen LogP contribution < -0.4 is 10.2 Å². The fourth-order valence-corrected chi connectivity index (χ4v) is 4.36. The lowest BCUT2D eigenvalue weighted by atomic mass is 9.98. The maximum absolute atomic E-state index is 12.2. The summed E-state index contributed by atoms with van der Waals surface area (Å²) in [5, 5.41) is 4.41. The Labute approximate surface area is 187 Å². The Kier molecular flexibility index (Phi) is 5.27. The average Bonchev–Trinajstić information content (AvgIpc) is 3.28. The molecule has 32 heavy (non-hydrogen) atoms. The van der Waals surface area contributed by atoms with Gasteiger partial charge in [-0.05, 0) is 50.6 Å². The lowest BCUT2D eigenvalue weighted by Crippen LogP contribution is -2.54. The molecular weight excluding hydrogens is 408 g/mol. The number of amides is 2. The highest BCUT2D eigenvalue weighted by molar-refractivity contribution is 5.73. The molecule has 2 aliphatic rings. The quantitative estimate of drug-likeness (QED) is 0.627. The normalized spacial score (nSPS) is 17.4. The van der Waals surface area contributed by atoms with Gasteiger partial charge in [0.15, 0.2) is 0 Å². The van der Waals surface area contributed by atoms with Gasteiger partial charge in [-0.25, -0.2) is 14.8 Å². The first kappa shape index (κ1) is 20.8. The van der Waals surface area contributed by atoms with Crippen molar-refractivity contribution in [3.05, 3.63) is 53.9 Å². The van der Waals surface area contributed by atoms with Gasteiger partial charge in [0, 0.05) is 48.9 Å². The van der Waals surface area contributed by atoms with E-state index in [-0.39, 0.29) is 12.1 Å². The Morgan fingerprint density at radius 2 is 2.00 bits per heavy atom. The number of hydrogen-bond donors (Lipinski definition) is 1. The number of pyridine rings is 1. The van der Waals surface area contributed by atoms with Crippen LogP contribution in [0, 0.1) is 6.92 Å². The second kappa shape index (κ2) is 8.11. The summed E-state index contributed by atoms with van der Waals surface area (Å²) in [7, 11) is 0. The van der Waals surface area contributed by atoms with E-state index >= 15 is 0 Å². The lowest BCUT2D eigenvalue weighted by molar-refractivity contribution is -0.225. The molecule has 0 atom stereocenters. The molecule has 2 aliphatic heterocycles. The van der Waals surface area contributed by atoms with Crippen LogP contribution in [-0.2, 0) is 16.2 Å². The van der Waals surface area contributed by atoms with Crippen molar-refractivity contribution in [2.45, 2.75) is 52.1 Å². The summed E-state index contributed by atoms with van der Waals surface area (Å²) < 4.78 is 14.5. The van der Waals surface area contributed by atoms with E-state index in [1.165, 1.54) is 0 Å². The molecule has 5 rings (SSSR count). The molecule has 8 heteroatoms. The minimum absolute atomic E-state index is 0.0632.